The highest BCUT2D eigenvalue weighted by atomic mass is 32.1. The average molecular weight is 433 g/mol. The molecule has 1 aliphatic carbocycles. The van der Waals surface area contributed by atoms with Crippen molar-refractivity contribution < 1.29 is 4.74 Å². The third-order valence-electron chi connectivity index (χ3n) is 6.53. The smallest absolute Gasteiger partial charge is 0.174 e. The first-order valence-electron chi connectivity index (χ1n) is 11.1. The van der Waals surface area contributed by atoms with Crippen molar-refractivity contribution in [3.8, 4) is 5.75 Å². The van der Waals surface area contributed by atoms with E-state index in [-0.39, 0.29) is 12.1 Å². The van der Waals surface area contributed by atoms with Crippen LogP contribution < -0.4 is 15.0 Å². The lowest BCUT2D eigenvalue weighted by atomic mass is 9.94. The van der Waals surface area contributed by atoms with Crippen molar-refractivity contribution in [2.75, 3.05) is 12.0 Å². The summed E-state index contributed by atoms with van der Waals surface area (Å²) in [5.41, 5.74) is 3.23. The van der Waals surface area contributed by atoms with Gasteiger partial charge in [-0.2, -0.15) is 0 Å². The van der Waals surface area contributed by atoms with Gasteiger partial charge >= 0.3 is 0 Å². The van der Waals surface area contributed by atoms with Crippen LogP contribution in [0.15, 0.2) is 67.0 Å². The number of aromatic nitrogens is 2. The molecule has 1 aliphatic heterocycles. The van der Waals surface area contributed by atoms with Gasteiger partial charge < -0.3 is 19.5 Å². The molecule has 31 heavy (non-hydrogen) atoms. The Morgan fingerprint density at radius 1 is 1.00 bits per heavy atom. The van der Waals surface area contributed by atoms with Gasteiger partial charge in [0.2, 0.25) is 0 Å². The summed E-state index contributed by atoms with van der Waals surface area (Å²) in [5, 5.41) is 4.26. The van der Waals surface area contributed by atoms with Gasteiger partial charge in [0.05, 0.1) is 24.5 Å². The van der Waals surface area contributed by atoms with Gasteiger partial charge in [-0.3, -0.25) is 4.98 Å². The molecule has 2 atom stereocenters. The molecule has 5 nitrogen and oxygen atoms in total. The van der Waals surface area contributed by atoms with Crippen molar-refractivity contribution in [2.24, 2.45) is 0 Å². The number of pyridine rings is 1. The summed E-state index contributed by atoms with van der Waals surface area (Å²) < 4.78 is 8.19. The first-order chi connectivity index (χ1) is 15.3. The van der Waals surface area contributed by atoms with E-state index in [0.29, 0.717) is 11.2 Å². The van der Waals surface area contributed by atoms with E-state index < -0.39 is 0 Å². The van der Waals surface area contributed by atoms with Crippen molar-refractivity contribution in [3.63, 3.8) is 0 Å². The Morgan fingerprint density at radius 2 is 1.81 bits per heavy atom. The zero-order chi connectivity index (χ0) is 21.2. The Bertz CT molecular complexity index is 1040. The van der Waals surface area contributed by atoms with Gasteiger partial charge in [0.1, 0.15) is 11.8 Å². The molecule has 2 fully saturated rings. The maximum Gasteiger partial charge on any atom is 0.174 e. The second-order valence-electron chi connectivity index (χ2n) is 8.30. The topological polar surface area (TPSA) is 42.3 Å². The molecule has 0 bridgehead atoms. The standard InChI is InChI=1S/C25H28N4OS/c1-30-22-15-6-5-13-20(22)29-24(23(27-25(29)31)19-12-7-8-16-26-19)21-14-9-17-28(21)18-10-3-2-4-11-18/h5-9,12-18,23-24H,2-4,10-11H2,1H3,(H,27,31)/t23-,24+/m1/s1. The average Bonchev–Trinajstić information content (AvgIpc) is 3.44. The number of hydrogen-bond acceptors (Lipinski definition) is 3. The molecule has 0 radical (unpaired) electrons. The number of nitrogens with zero attached hydrogens (tertiary/aromatic N) is 3. The molecule has 1 saturated carbocycles. The number of methoxy groups -OCH3 is 1. The van der Waals surface area contributed by atoms with Crippen molar-refractivity contribution in [1.82, 2.24) is 14.9 Å². The summed E-state index contributed by atoms with van der Waals surface area (Å²) in [6.07, 6.45) is 10.5. The molecule has 5 rings (SSSR count). The van der Waals surface area contributed by atoms with Crippen LogP contribution in [0.25, 0.3) is 0 Å². The Hall–Kier alpha value is -2.86. The molecule has 0 spiro atoms. The van der Waals surface area contributed by atoms with E-state index in [2.05, 4.69) is 50.2 Å². The Morgan fingerprint density at radius 3 is 2.58 bits per heavy atom. The number of thiocarbonyl (C=S) groups is 1. The lowest BCUT2D eigenvalue weighted by Crippen LogP contribution is -2.31. The van der Waals surface area contributed by atoms with Crippen LogP contribution in [0, 0.1) is 0 Å². The SMILES string of the molecule is COc1ccccc1N1C(=S)N[C@H](c2ccccn2)[C@@H]1c1cccn1C1CCCCC1. The van der Waals surface area contributed by atoms with Gasteiger partial charge in [-0.05, 0) is 61.5 Å². The van der Waals surface area contributed by atoms with Crippen LogP contribution in [-0.4, -0.2) is 21.8 Å². The number of ether oxygens (including phenoxy) is 1. The maximum atomic E-state index is 5.88. The fourth-order valence-corrected chi connectivity index (χ4v) is 5.43. The second-order valence-corrected chi connectivity index (χ2v) is 8.69. The van der Waals surface area contributed by atoms with Crippen LogP contribution in [0.4, 0.5) is 5.69 Å². The number of benzene rings is 1. The van der Waals surface area contributed by atoms with Gasteiger partial charge in [0.15, 0.2) is 5.11 Å². The number of nitrogens with one attached hydrogen (secondary N) is 1. The van der Waals surface area contributed by atoms with E-state index in [4.69, 9.17) is 17.0 Å². The zero-order valence-electron chi connectivity index (χ0n) is 17.8. The minimum Gasteiger partial charge on any atom is -0.495 e. The summed E-state index contributed by atoms with van der Waals surface area (Å²) in [5.74, 6) is 0.814. The van der Waals surface area contributed by atoms with Gasteiger partial charge in [0.25, 0.3) is 0 Å². The van der Waals surface area contributed by atoms with Crippen molar-refractivity contribution in [2.45, 2.75) is 50.2 Å². The van der Waals surface area contributed by atoms with Crippen LogP contribution in [0.3, 0.4) is 0 Å². The van der Waals surface area contributed by atoms with E-state index in [1.165, 1.54) is 37.8 Å². The van der Waals surface area contributed by atoms with Gasteiger partial charge in [-0.15, -0.1) is 0 Å². The number of hydrogen-bond donors (Lipinski definition) is 1. The van der Waals surface area contributed by atoms with Crippen molar-refractivity contribution >= 4 is 23.0 Å². The molecule has 1 aromatic carbocycles. The van der Waals surface area contributed by atoms with Crippen molar-refractivity contribution in [3.05, 3.63) is 78.4 Å². The maximum absolute atomic E-state index is 5.88. The minimum atomic E-state index is -0.0455. The minimum absolute atomic E-state index is 0.0179. The molecule has 160 valence electrons. The Balaban J connectivity index is 1.63. The van der Waals surface area contributed by atoms with Crippen LogP contribution in [-0.2, 0) is 0 Å². The third-order valence-corrected chi connectivity index (χ3v) is 6.84. The normalized spacial score (nSPS) is 21.8. The van der Waals surface area contributed by atoms with Gasteiger partial charge in [0, 0.05) is 24.1 Å². The molecule has 0 amide bonds. The monoisotopic (exact) mass is 432 g/mol. The van der Waals surface area contributed by atoms with Crippen LogP contribution in [0.5, 0.6) is 5.75 Å². The summed E-state index contributed by atoms with van der Waals surface area (Å²) in [7, 11) is 1.71. The van der Waals surface area contributed by atoms with Crippen molar-refractivity contribution in [1.29, 1.82) is 0 Å². The Labute approximate surface area is 189 Å². The Kier molecular flexibility index (Phi) is 5.64. The predicted octanol–water partition coefficient (Wildman–Crippen LogP) is 5.57. The number of rotatable bonds is 5. The molecule has 0 unspecified atom stereocenters. The van der Waals surface area contributed by atoms with Crippen LogP contribution in [0.2, 0.25) is 0 Å². The molecule has 3 aromatic rings. The lowest BCUT2D eigenvalue weighted by Gasteiger charge is -2.33. The molecule has 1 saturated heterocycles. The van der Waals surface area contributed by atoms with Gasteiger partial charge in [-0.25, -0.2) is 0 Å². The zero-order valence-corrected chi connectivity index (χ0v) is 18.6. The van der Waals surface area contributed by atoms with E-state index in [0.717, 1.165) is 17.1 Å². The third kappa shape index (κ3) is 3.69. The van der Waals surface area contributed by atoms with E-state index in [1.54, 1.807) is 7.11 Å². The summed E-state index contributed by atoms with van der Waals surface area (Å²) in [6.45, 7) is 0. The van der Waals surface area contributed by atoms with E-state index in [1.807, 2.05) is 36.5 Å². The highest BCUT2D eigenvalue weighted by Crippen LogP contribution is 2.45. The van der Waals surface area contributed by atoms with E-state index >= 15 is 0 Å². The second kappa shape index (κ2) is 8.71. The first-order valence-corrected chi connectivity index (χ1v) is 11.5. The highest BCUT2D eigenvalue weighted by Gasteiger charge is 2.43. The van der Waals surface area contributed by atoms with Crippen LogP contribution in [0.1, 0.15) is 61.6 Å². The molecule has 3 heterocycles. The quantitative estimate of drug-likeness (QED) is 0.534. The molecular weight excluding hydrogens is 404 g/mol. The van der Waals surface area contributed by atoms with E-state index in [9.17, 15) is 0 Å². The molecule has 2 aliphatic rings. The predicted molar refractivity (Wildman–Crippen MR) is 127 cm³/mol. The van der Waals surface area contributed by atoms with Crippen LogP contribution >= 0.6 is 12.2 Å². The number of para-hydroxylation sites is 2. The lowest BCUT2D eigenvalue weighted by molar-refractivity contribution is 0.339. The molecule has 1 N–H and O–H groups in total. The number of anilines is 1. The highest BCUT2D eigenvalue weighted by molar-refractivity contribution is 7.80. The summed E-state index contributed by atoms with van der Waals surface area (Å²) in [6, 6.07) is 19.0. The molecular formula is C25H28N4OS. The fourth-order valence-electron chi connectivity index (χ4n) is 5.09. The summed E-state index contributed by atoms with van der Waals surface area (Å²) >= 11 is 5.88. The largest absolute Gasteiger partial charge is 0.495 e. The van der Waals surface area contributed by atoms with Gasteiger partial charge in [-0.1, -0.05) is 37.5 Å². The summed E-state index contributed by atoms with van der Waals surface area (Å²) in [4.78, 5) is 6.89. The fraction of sp³-hybridized carbons (Fsp3) is 0.360. The molecule has 6 heteroatoms. The first kappa shape index (κ1) is 20.1. The molecule has 2 aromatic heterocycles.